The number of aliphatic hydroxyl groups excluding tert-OH is 1. The Hall–Kier alpha value is -3.62. The van der Waals surface area contributed by atoms with Crippen LogP contribution in [0, 0.1) is 11.3 Å². The highest BCUT2D eigenvalue weighted by atomic mass is 16.5. The molecule has 0 aliphatic carbocycles. The van der Waals surface area contributed by atoms with Gasteiger partial charge >= 0.3 is 0 Å². The molecule has 1 amide bonds. The number of amides is 1. The summed E-state index contributed by atoms with van der Waals surface area (Å²) < 4.78 is 5.30. The molecule has 156 valence electrons. The molecule has 1 N–H and O–H groups in total. The Balaban J connectivity index is 1.53. The van der Waals surface area contributed by atoms with Gasteiger partial charge in [0.2, 0.25) is 5.91 Å². The van der Waals surface area contributed by atoms with Gasteiger partial charge in [-0.3, -0.25) is 4.79 Å². The Morgan fingerprint density at radius 2 is 1.77 bits per heavy atom. The number of benzene rings is 3. The highest BCUT2D eigenvalue weighted by Crippen LogP contribution is 2.41. The minimum absolute atomic E-state index is 0.138. The minimum Gasteiger partial charge on any atom is -0.497 e. The normalized spacial score (nSPS) is 19.9. The van der Waals surface area contributed by atoms with Gasteiger partial charge in [0.15, 0.2) is 0 Å². The van der Waals surface area contributed by atoms with Crippen molar-refractivity contribution >= 4 is 5.91 Å². The molecule has 3 atom stereocenters. The van der Waals surface area contributed by atoms with Crippen molar-refractivity contribution in [1.29, 1.82) is 5.26 Å². The molecule has 5 nitrogen and oxygen atoms in total. The number of methoxy groups -OCH3 is 1. The van der Waals surface area contributed by atoms with Crippen molar-refractivity contribution in [3.05, 3.63) is 90.0 Å². The molecule has 3 aromatic carbocycles. The van der Waals surface area contributed by atoms with Crippen LogP contribution in [-0.2, 0) is 11.2 Å². The zero-order valence-electron chi connectivity index (χ0n) is 17.3. The summed E-state index contributed by atoms with van der Waals surface area (Å²) in [5.74, 6) is 0.438. The first kappa shape index (κ1) is 20.6. The summed E-state index contributed by atoms with van der Waals surface area (Å²) in [7, 11) is 1.64. The van der Waals surface area contributed by atoms with E-state index in [1.807, 2.05) is 78.9 Å². The molecule has 3 aromatic rings. The van der Waals surface area contributed by atoms with Crippen LogP contribution >= 0.6 is 0 Å². The zero-order chi connectivity index (χ0) is 21.8. The first-order chi connectivity index (χ1) is 15.2. The Kier molecular flexibility index (Phi) is 6.01. The van der Waals surface area contributed by atoms with Crippen molar-refractivity contribution in [3.8, 4) is 22.9 Å². The standard InChI is InChI=1S/C26H24N2O3/c1-31-22-9-5-8-21(15-22)19-10-12-20(13-11-19)26-23(16-27)28(24(26)17-29)25(30)14-18-6-3-2-4-7-18/h2-13,15,23-24,26,29H,14,17H2,1H3/t23-,24+,26+/m0/s1. The predicted octanol–water partition coefficient (Wildman–Crippen LogP) is 3.78. The van der Waals surface area contributed by atoms with E-state index >= 15 is 0 Å². The fraction of sp³-hybridized carbons (Fsp3) is 0.231. The van der Waals surface area contributed by atoms with Crippen molar-refractivity contribution in [2.75, 3.05) is 13.7 Å². The molecule has 1 saturated heterocycles. The van der Waals surface area contributed by atoms with Crippen molar-refractivity contribution in [3.63, 3.8) is 0 Å². The van der Waals surface area contributed by atoms with Crippen LogP contribution in [0.4, 0.5) is 0 Å². The third kappa shape index (κ3) is 4.03. The molecule has 0 radical (unpaired) electrons. The molecular formula is C26H24N2O3. The van der Waals surface area contributed by atoms with Gasteiger partial charge in [0.05, 0.1) is 32.2 Å². The highest BCUT2D eigenvalue weighted by Gasteiger charge is 2.51. The fourth-order valence-electron chi connectivity index (χ4n) is 4.31. The van der Waals surface area contributed by atoms with Gasteiger partial charge in [-0.2, -0.15) is 5.26 Å². The summed E-state index contributed by atoms with van der Waals surface area (Å²) in [6.07, 6.45) is 0.219. The lowest BCUT2D eigenvalue weighted by molar-refractivity contribution is -0.146. The fourth-order valence-corrected chi connectivity index (χ4v) is 4.31. The number of nitriles is 1. The number of nitrogens with zero attached hydrogens (tertiary/aromatic N) is 2. The quantitative estimate of drug-likeness (QED) is 0.669. The molecule has 0 aromatic heterocycles. The maximum absolute atomic E-state index is 12.9. The third-order valence-corrected chi connectivity index (χ3v) is 5.92. The number of carbonyl (C=O) groups excluding carboxylic acids is 1. The molecule has 1 fully saturated rings. The third-order valence-electron chi connectivity index (χ3n) is 5.92. The number of hydrogen-bond acceptors (Lipinski definition) is 4. The molecule has 31 heavy (non-hydrogen) atoms. The molecule has 1 aliphatic heterocycles. The van der Waals surface area contributed by atoms with E-state index in [1.165, 1.54) is 4.90 Å². The Bertz CT molecular complexity index is 1090. The van der Waals surface area contributed by atoms with Crippen LogP contribution in [0.2, 0.25) is 0 Å². The van der Waals surface area contributed by atoms with E-state index in [-0.39, 0.29) is 24.9 Å². The predicted molar refractivity (Wildman–Crippen MR) is 118 cm³/mol. The molecule has 5 heteroatoms. The molecule has 4 rings (SSSR count). The Labute approximate surface area is 182 Å². The molecule has 0 unspecified atom stereocenters. The van der Waals surface area contributed by atoms with Crippen LogP contribution in [0.1, 0.15) is 17.0 Å². The smallest absolute Gasteiger partial charge is 0.228 e. The lowest BCUT2D eigenvalue weighted by Crippen LogP contribution is -2.65. The summed E-state index contributed by atoms with van der Waals surface area (Å²) in [6, 6.07) is 26.5. The van der Waals surface area contributed by atoms with E-state index < -0.39 is 12.1 Å². The number of likely N-dealkylation sites (tertiary alicyclic amines) is 1. The summed E-state index contributed by atoms with van der Waals surface area (Å²) in [6.45, 7) is -0.180. The molecule has 0 saturated carbocycles. The maximum Gasteiger partial charge on any atom is 0.228 e. The average Bonchev–Trinajstić information content (AvgIpc) is 2.80. The second-order valence-electron chi connectivity index (χ2n) is 7.67. The maximum atomic E-state index is 12.9. The number of aliphatic hydroxyl groups is 1. The van der Waals surface area contributed by atoms with Gasteiger partial charge in [-0.05, 0) is 34.4 Å². The summed E-state index contributed by atoms with van der Waals surface area (Å²) >= 11 is 0. The molecule has 0 spiro atoms. The van der Waals surface area contributed by atoms with Crippen molar-refractivity contribution in [2.45, 2.75) is 24.4 Å². The van der Waals surface area contributed by atoms with Crippen LogP contribution in [-0.4, -0.2) is 41.7 Å². The van der Waals surface area contributed by atoms with Crippen LogP contribution < -0.4 is 4.74 Å². The van der Waals surface area contributed by atoms with Gasteiger partial charge in [0.1, 0.15) is 11.8 Å². The van der Waals surface area contributed by atoms with E-state index in [2.05, 4.69) is 6.07 Å². The first-order valence-electron chi connectivity index (χ1n) is 10.3. The topological polar surface area (TPSA) is 73.6 Å². The highest BCUT2D eigenvalue weighted by molar-refractivity contribution is 5.81. The van der Waals surface area contributed by atoms with Gasteiger partial charge in [0.25, 0.3) is 0 Å². The second kappa shape index (κ2) is 9.03. The van der Waals surface area contributed by atoms with Crippen LogP contribution in [0.25, 0.3) is 11.1 Å². The van der Waals surface area contributed by atoms with Gasteiger partial charge in [-0.25, -0.2) is 0 Å². The summed E-state index contributed by atoms with van der Waals surface area (Å²) in [4.78, 5) is 14.4. The van der Waals surface area contributed by atoms with Crippen molar-refractivity contribution in [1.82, 2.24) is 4.90 Å². The summed E-state index contributed by atoms with van der Waals surface area (Å²) in [5, 5.41) is 19.8. The van der Waals surface area contributed by atoms with Gasteiger partial charge < -0.3 is 14.7 Å². The number of ether oxygens (including phenoxy) is 1. The van der Waals surface area contributed by atoms with Crippen LogP contribution in [0.3, 0.4) is 0 Å². The van der Waals surface area contributed by atoms with Crippen LogP contribution in [0.5, 0.6) is 5.75 Å². The molecule has 1 aliphatic rings. The van der Waals surface area contributed by atoms with E-state index in [4.69, 9.17) is 4.74 Å². The zero-order valence-corrected chi connectivity index (χ0v) is 17.3. The Morgan fingerprint density at radius 3 is 2.42 bits per heavy atom. The minimum atomic E-state index is -0.587. The van der Waals surface area contributed by atoms with Gasteiger partial charge in [0, 0.05) is 5.92 Å². The van der Waals surface area contributed by atoms with Crippen molar-refractivity contribution in [2.24, 2.45) is 0 Å². The van der Waals surface area contributed by atoms with E-state index in [0.717, 1.165) is 28.0 Å². The molecule has 1 heterocycles. The lowest BCUT2D eigenvalue weighted by atomic mass is 9.75. The largest absolute Gasteiger partial charge is 0.497 e. The first-order valence-corrected chi connectivity index (χ1v) is 10.3. The lowest BCUT2D eigenvalue weighted by Gasteiger charge is -2.51. The number of rotatable bonds is 6. The van der Waals surface area contributed by atoms with E-state index in [0.29, 0.717) is 0 Å². The van der Waals surface area contributed by atoms with E-state index in [9.17, 15) is 15.2 Å². The molecular weight excluding hydrogens is 388 g/mol. The SMILES string of the molecule is COc1cccc(-c2ccc([C@H]3[C@@H](CO)N(C(=O)Cc4ccccc4)[C@H]3C#N)cc2)c1. The monoisotopic (exact) mass is 412 g/mol. The van der Waals surface area contributed by atoms with Crippen molar-refractivity contribution < 1.29 is 14.6 Å². The Morgan fingerprint density at radius 1 is 1.03 bits per heavy atom. The summed E-state index contributed by atoms with van der Waals surface area (Å²) in [5.41, 5.74) is 3.91. The molecule has 0 bridgehead atoms. The number of carbonyl (C=O) groups is 1. The number of hydrogen-bond donors (Lipinski definition) is 1. The van der Waals surface area contributed by atoms with Gasteiger partial charge in [-0.1, -0.05) is 66.7 Å². The van der Waals surface area contributed by atoms with E-state index in [1.54, 1.807) is 7.11 Å². The van der Waals surface area contributed by atoms with Crippen LogP contribution in [0.15, 0.2) is 78.9 Å². The van der Waals surface area contributed by atoms with Gasteiger partial charge in [-0.15, -0.1) is 0 Å². The average molecular weight is 412 g/mol. The second-order valence-corrected chi connectivity index (χ2v) is 7.67.